The molecule has 0 aromatic heterocycles. The molecule has 1 fully saturated rings. The van der Waals surface area contributed by atoms with Crippen LogP contribution in [-0.4, -0.2) is 41.7 Å². The summed E-state index contributed by atoms with van der Waals surface area (Å²) in [4.78, 5) is 14.4. The van der Waals surface area contributed by atoms with Crippen LogP contribution in [0.3, 0.4) is 0 Å². The van der Waals surface area contributed by atoms with Crippen molar-refractivity contribution in [3.05, 3.63) is 23.8 Å². The fourth-order valence-corrected chi connectivity index (χ4v) is 2.72. The third-order valence-corrected chi connectivity index (χ3v) is 3.90. The molecule has 2 atom stereocenters. The molecular weight excluding hydrogens is 256 g/mol. The van der Waals surface area contributed by atoms with E-state index >= 15 is 0 Å². The lowest BCUT2D eigenvalue weighted by atomic mass is 10.0. The van der Waals surface area contributed by atoms with E-state index in [9.17, 15) is 9.90 Å². The Morgan fingerprint density at radius 2 is 2.30 bits per heavy atom. The molecule has 1 aliphatic rings. The molecule has 1 saturated heterocycles. The Balaban J connectivity index is 2.32. The van der Waals surface area contributed by atoms with Gasteiger partial charge < -0.3 is 20.5 Å². The maximum atomic E-state index is 12.7. The Bertz CT molecular complexity index is 490. The number of aliphatic hydroxyl groups is 1. The van der Waals surface area contributed by atoms with Crippen LogP contribution in [0.15, 0.2) is 18.2 Å². The SMILES string of the molecule is CCOc1c(N)cccc1C(=O)N1CCC(C)C1CO. The highest BCUT2D eigenvalue weighted by Crippen LogP contribution is 2.31. The highest BCUT2D eigenvalue weighted by atomic mass is 16.5. The van der Waals surface area contributed by atoms with Crippen molar-refractivity contribution in [3.8, 4) is 5.75 Å². The van der Waals surface area contributed by atoms with E-state index in [1.165, 1.54) is 0 Å². The normalized spacial score (nSPS) is 22.1. The number of nitrogen functional groups attached to an aromatic ring is 1. The Labute approximate surface area is 119 Å². The number of hydrogen-bond donors (Lipinski definition) is 2. The minimum atomic E-state index is -0.126. The number of carbonyl (C=O) groups excluding carboxylic acids is 1. The van der Waals surface area contributed by atoms with Gasteiger partial charge in [-0.1, -0.05) is 13.0 Å². The minimum Gasteiger partial charge on any atom is -0.491 e. The first kappa shape index (κ1) is 14.7. The van der Waals surface area contributed by atoms with Crippen LogP contribution in [-0.2, 0) is 0 Å². The van der Waals surface area contributed by atoms with Crippen LogP contribution in [0.2, 0.25) is 0 Å². The molecule has 5 nitrogen and oxygen atoms in total. The molecule has 5 heteroatoms. The molecule has 2 unspecified atom stereocenters. The summed E-state index contributed by atoms with van der Waals surface area (Å²) in [7, 11) is 0. The molecule has 1 heterocycles. The van der Waals surface area contributed by atoms with Crippen LogP contribution in [0.1, 0.15) is 30.6 Å². The monoisotopic (exact) mass is 278 g/mol. The molecule has 0 aliphatic carbocycles. The van der Waals surface area contributed by atoms with Crippen LogP contribution in [0.4, 0.5) is 5.69 Å². The summed E-state index contributed by atoms with van der Waals surface area (Å²) in [5.74, 6) is 0.626. The van der Waals surface area contributed by atoms with Gasteiger partial charge in [-0.25, -0.2) is 0 Å². The van der Waals surface area contributed by atoms with E-state index in [0.717, 1.165) is 6.42 Å². The largest absolute Gasteiger partial charge is 0.491 e. The predicted octanol–water partition coefficient (Wildman–Crippen LogP) is 1.51. The first-order valence-corrected chi connectivity index (χ1v) is 7.03. The third kappa shape index (κ3) is 2.58. The molecule has 2 rings (SSSR count). The van der Waals surface area contributed by atoms with Crippen molar-refractivity contribution in [2.75, 3.05) is 25.5 Å². The summed E-state index contributed by atoms with van der Waals surface area (Å²) < 4.78 is 5.51. The molecule has 0 saturated carbocycles. The van der Waals surface area contributed by atoms with Crippen molar-refractivity contribution in [3.63, 3.8) is 0 Å². The maximum absolute atomic E-state index is 12.7. The minimum absolute atomic E-state index is 0.0147. The second-order valence-corrected chi connectivity index (χ2v) is 5.17. The van der Waals surface area contributed by atoms with Gasteiger partial charge in [-0.05, 0) is 31.4 Å². The van der Waals surface area contributed by atoms with Gasteiger partial charge in [0.1, 0.15) is 0 Å². The van der Waals surface area contributed by atoms with Crippen LogP contribution in [0.25, 0.3) is 0 Å². The standard InChI is InChI=1S/C15H22N2O3/c1-3-20-14-11(5-4-6-12(14)16)15(19)17-8-7-10(2)13(17)9-18/h4-6,10,13,18H,3,7-9,16H2,1-2H3. The maximum Gasteiger partial charge on any atom is 0.258 e. The molecular formula is C15H22N2O3. The molecule has 1 amide bonds. The summed E-state index contributed by atoms with van der Waals surface area (Å²) in [5.41, 5.74) is 6.83. The molecule has 1 aliphatic heterocycles. The predicted molar refractivity (Wildman–Crippen MR) is 77.7 cm³/mol. The first-order valence-electron chi connectivity index (χ1n) is 7.03. The van der Waals surface area contributed by atoms with Crippen molar-refractivity contribution in [1.82, 2.24) is 4.90 Å². The van der Waals surface area contributed by atoms with Crippen molar-refractivity contribution in [2.45, 2.75) is 26.3 Å². The van der Waals surface area contributed by atoms with E-state index in [1.54, 1.807) is 23.1 Å². The smallest absolute Gasteiger partial charge is 0.258 e. The van der Waals surface area contributed by atoms with E-state index < -0.39 is 0 Å². The van der Waals surface area contributed by atoms with E-state index in [4.69, 9.17) is 10.5 Å². The van der Waals surface area contributed by atoms with Crippen molar-refractivity contribution < 1.29 is 14.6 Å². The summed E-state index contributed by atoms with van der Waals surface area (Å²) in [5, 5.41) is 9.48. The molecule has 0 radical (unpaired) electrons. The second kappa shape index (κ2) is 6.13. The van der Waals surface area contributed by atoms with Gasteiger partial charge in [0.2, 0.25) is 0 Å². The quantitative estimate of drug-likeness (QED) is 0.819. The number of rotatable bonds is 4. The lowest BCUT2D eigenvalue weighted by Gasteiger charge is -2.26. The number of para-hydroxylation sites is 1. The lowest BCUT2D eigenvalue weighted by Crippen LogP contribution is -2.40. The number of benzene rings is 1. The van der Waals surface area contributed by atoms with Gasteiger partial charge in [-0.15, -0.1) is 0 Å². The number of anilines is 1. The number of hydrogen-bond acceptors (Lipinski definition) is 4. The van der Waals surface area contributed by atoms with Gasteiger partial charge in [-0.3, -0.25) is 4.79 Å². The molecule has 1 aromatic rings. The molecule has 0 bridgehead atoms. The number of ether oxygens (including phenoxy) is 1. The second-order valence-electron chi connectivity index (χ2n) is 5.17. The molecule has 3 N–H and O–H groups in total. The van der Waals surface area contributed by atoms with Gasteiger partial charge >= 0.3 is 0 Å². The fourth-order valence-electron chi connectivity index (χ4n) is 2.72. The van der Waals surface area contributed by atoms with Gasteiger partial charge in [0.05, 0.1) is 30.5 Å². The number of nitrogens with zero attached hydrogens (tertiary/aromatic N) is 1. The Morgan fingerprint density at radius 3 is 2.95 bits per heavy atom. The fraction of sp³-hybridized carbons (Fsp3) is 0.533. The number of aliphatic hydroxyl groups excluding tert-OH is 1. The lowest BCUT2D eigenvalue weighted by molar-refractivity contribution is 0.0644. The number of likely N-dealkylation sites (tertiary alicyclic amines) is 1. The molecule has 20 heavy (non-hydrogen) atoms. The number of nitrogens with two attached hydrogens (primary N) is 1. The summed E-state index contributed by atoms with van der Waals surface area (Å²) in [6, 6.07) is 5.07. The average molecular weight is 278 g/mol. The van der Waals surface area contributed by atoms with Gasteiger partial charge in [0, 0.05) is 6.54 Å². The van der Waals surface area contributed by atoms with Gasteiger partial charge in [-0.2, -0.15) is 0 Å². The average Bonchev–Trinajstić information content (AvgIpc) is 2.81. The summed E-state index contributed by atoms with van der Waals surface area (Å²) in [6.45, 7) is 5.01. The Kier molecular flexibility index (Phi) is 4.49. The zero-order chi connectivity index (χ0) is 14.7. The van der Waals surface area contributed by atoms with Crippen molar-refractivity contribution in [1.29, 1.82) is 0 Å². The molecule has 0 spiro atoms. The zero-order valence-electron chi connectivity index (χ0n) is 12.0. The van der Waals surface area contributed by atoms with Crippen LogP contribution >= 0.6 is 0 Å². The molecule has 1 aromatic carbocycles. The van der Waals surface area contributed by atoms with Crippen LogP contribution in [0.5, 0.6) is 5.75 Å². The van der Waals surface area contributed by atoms with Crippen LogP contribution in [0, 0.1) is 5.92 Å². The topological polar surface area (TPSA) is 75.8 Å². The number of carbonyl (C=O) groups is 1. The third-order valence-electron chi connectivity index (χ3n) is 3.90. The van der Waals surface area contributed by atoms with Crippen molar-refractivity contribution >= 4 is 11.6 Å². The Morgan fingerprint density at radius 1 is 1.55 bits per heavy atom. The zero-order valence-corrected chi connectivity index (χ0v) is 12.0. The first-order chi connectivity index (χ1) is 9.60. The highest BCUT2D eigenvalue weighted by molar-refractivity contribution is 5.99. The van der Waals surface area contributed by atoms with Crippen LogP contribution < -0.4 is 10.5 Å². The van der Waals surface area contributed by atoms with E-state index in [2.05, 4.69) is 6.92 Å². The van der Waals surface area contributed by atoms with E-state index in [-0.39, 0.29) is 18.6 Å². The molecule has 110 valence electrons. The van der Waals surface area contributed by atoms with Gasteiger partial charge in [0.15, 0.2) is 5.75 Å². The highest BCUT2D eigenvalue weighted by Gasteiger charge is 2.35. The van der Waals surface area contributed by atoms with E-state index in [1.807, 2.05) is 6.92 Å². The van der Waals surface area contributed by atoms with Crippen molar-refractivity contribution in [2.24, 2.45) is 5.92 Å². The summed E-state index contributed by atoms with van der Waals surface area (Å²) >= 11 is 0. The number of amides is 1. The van der Waals surface area contributed by atoms with E-state index in [0.29, 0.717) is 36.1 Å². The summed E-state index contributed by atoms with van der Waals surface area (Å²) in [6.07, 6.45) is 0.906. The Hall–Kier alpha value is -1.75. The van der Waals surface area contributed by atoms with Gasteiger partial charge in [0.25, 0.3) is 5.91 Å².